The lowest BCUT2D eigenvalue weighted by atomic mass is 10.1. The average molecular weight is 552 g/mol. The molecule has 8 heteroatoms. The van der Waals surface area contributed by atoms with Gasteiger partial charge in [-0.15, -0.1) is 36.0 Å². The number of alkyl halides is 2. The molecule has 3 aromatic rings. The van der Waals surface area contributed by atoms with Crippen LogP contribution in [0, 0.1) is 12.8 Å². The highest BCUT2D eigenvalue weighted by Gasteiger charge is 2.18. The summed E-state index contributed by atoms with van der Waals surface area (Å²) in [5.74, 6) is 0.833. The van der Waals surface area contributed by atoms with Crippen LogP contribution in [0.4, 0.5) is 5.69 Å². The van der Waals surface area contributed by atoms with Crippen LogP contribution in [0.3, 0.4) is 0 Å². The molecule has 6 nitrogen and oxygen atoms in total. The van der Waals surface area contributed by atoms with Crippen LogP contribution in [-0.2, 0) is 4.79 Å². The number of carbonyl (C=O) groups excluding carboxylic acids is 2. The van der Waals surface area contributed by atoms with Crippen molar-refractivity contribution in [1.82, 2.24) is 15.3 Å². The maximum atomic E-state index is 12.8. The van der Waals surface area contributed by atoms with Crippen LogP contribution in [0.1, 0.15) is 49.4 Å². The smallest absolute Gasteiger partial charge is 0.251 e. The number of hydrogen-bond donors (Lipinski definition) is 3. The number of nitrogens with zero attached hydrogens (tertiary/aromatic N) is 1. The Morgan fingerprint density at radius 1 is 1.13 bits per heavy atom. The van der Waals surface area contributed by atoms with Gasteiger partial charge in [-0.1, -0.05) is 31.1 Å². The van der Waals surface area contributed by atoms with E-state index < -0.39 is 0 Å². The second-order valence-electron chi connectivity index (χ2n) is 9.00. The predicted octanol–water partition coefficient (Wildman–Crippen LogP) is 6.83. The maximum Gasteiger partial charge on any atom is 0.251 e. The lowest BCUT2D eigenvalue weighted by molar-refractivity contribution is -0.112. The Hall–Kier alpha value is -3.53. The van der Waals surface area contributed by atoms with E-state index in [4.69, 9.17) is 23.2 Å². The first-order valence-corrected chi connectivity index (χ1v) is 13.5. The van der Waals surface area contributed by atoms with E-state index in [1.165, 1.54) is 12.8 Å². The number of aromatic amines is 1. The Kier molecular flexibility index (Phi) is 11.0. The van der Waals surface area contributed by atoms with Crippen molar-refractivity contribution < 1.29 is 9.59 Å². The van der Waals surface area contributed by atoms with Crippen molar-refractivity contribution in [3.8, 4) is 24.2 Å². The number of aromatic nitrogens is 2. The fourth-order valence-corrected chi connectivity index (χ4v) is 4.61. The van der Waals surface area contributed by atoms with Gasteiger partial charge in [0.1, 0.15) is 5.82 Å². The molecule has 1 fully saturated rings. The van der Waals surface area contributed by atoms with Crippen LogP contribution >= 0.6 is 23.2 Å². The van der Waals surface area contributed by atoms with Crippen molar-refractivity contribution in [3.63, 3.8) is 0 Å². The minimum absolute atomic E-state index is 0.0461. The molecule has 0 spiro atoms. The topological polar surface area (TPSA) is 86.9 Å². The van der Waals surface area contributed by atoms with E-state index in [9.17, 15) is 9.59 Å². The van der Waals surface area contributed by atoms with Crippen LogP contribution in [0.5, 0.6) is 0 Å². The standard InChI is InChI=1S/C28H30Cl2N4O2.C2H2/c1-18(30)16-20(6-4-5-15-29)27(35)32-23-12-9-19(10-13-23)26-33-24-14-11-21(17-25(24)34-26)28(36)31-22-7-2-3-8-22;1-2/h4-5,9-14,16-18,22H,2-3,6-8,15H2,1H3,(H,31,36)(H,32,35)(H,33,34);1-2H/b5-4-,20-16+;. The lowest BCUT2D eigenvalue weighted by Gasteiger charge is -2.11. The van der Waals surface area contributed by atoms with Crippen molar-refractivity contribution >= 4 is 51.7 Å². The summed E-state index contributed by atoms with van der Waals surface area (Å²) in [4.78, 5) is 33.4. The number of carbonyl (C=O) groups is 2. The van der Waals surface area contributed by atoms with E-state index in [1.807, 2.05) is 55.5 Å². The van der Waals surface area contributed by atoms with Crippen LogP contribution in [0.2, 0.25) is 0 Å². The summed E-state index contributed by atoms with van der Waals surface area (Å²) in [6, 6.07) is 13.2. The van der Waals surface area contributed by atoms with E-state index in [1.54, 1.807) is 12.2 Å². The summed E-state index contributed by atoms with van der Waals surface area (Å²) in [5.41, 5.74) is 4.33. The number of H-pyrrole nitrogens is 1. The minimum atomic E-state index is -0.264. The second kappa shape index (κ2) is 14.4. The molecule has 2 aromatic carbocycles. The highest BCUT2D eigenvalue weighted by Crippen LogP contribution is 2.24. The number of terminal acetylenes is 1. The van der Waals surface area contributed by atoms with Gasteiger partial charge in [-0.3, -0.25) is 9.59 Å². The number of nitrogens with one attached hydrogen (secondary N) is 3. The summed E-state index contributed by atoms with van der Waals surface area (Å²) >= 11 is 11.8. The van der Waals surface area contributed by atoms with E-state index in [0.29, 0.717) is 34.9 Å². The van der Waals surface area contributed by atoms with E-state index in [0.717, 1.165) is 29.4 Å². The Morgan fingerprint density at radius 3 is 2.50 bits per heavy atom. The quantitative estimate of drug-likeness (QED) is 0.118. The molecule has 1 saturated carbocycles. The zero-order valence-corrected chi connectivity index (χ0v) is 22.9. The number of fused-ring (bicyclic) bond motifs is 1. The fourth-order valence-electron chi connectivity index (χ4n) is 4.34. The highest BCUT2D eigenvalue weighted by atomic mass is 35.5. The molecule has 1 aromatic heterocycles. The average Bonchev–Trinajstić information content (AvgIpc) is 3.59. The van der Waals surface area contributed by atoms with Gasteiger partial charge in [0.15, 0.2) is 0 Å². The molecule has 0 saturated heterocycles. The first-order valence-electron chi connectivity index (χ1n) is 12.5. The van der Waals surface area contributed by atoms with Crippen LogP contribution in [0.25, 0.3) is 22.4 Å². The number of allylic oxidation sites excluding steroid dienone is 3. The largest absolute Gasteiger partial charge is 0.349 e. The minimum Gasteiger partial charge on any atom is -0.349 e. The SMILES string of the molecule is C#C.CC(Cl)/C=C(\C/C=C\CCl)C(=O)Nc1ccc(-c2nc3ccc(C(=O)NC4CCCC4)cc3[nH]2)cc1. The number of imidazole rings is 1. The molecule has 1 unspecified atom stereocenters. The third-order valence-electron chi connectivity index (χ3n) is 6.17. The monoisotopic (exact) mass is 550 g/mol. The number of halogens is 2. The number of hydrogen-bond acceptors (Lipinski definition) is 3. The molecule has 38 heavy (non-hydrogen) atoms. The van der Waals surface area contributed by atoms with Gasteiger partial charge in [-0.2, -0.15) is 0 Å². The van der Waals surface area contributed by atoms with Crippen LogP contribution < -0.4 is 10.6 Å². The molecular weight excluding hydrogens is 519 g/mol. The van der Waals surface area contributed by atoms with Crippen molar-refractivity contribution in [2.24, 2.45) is 0 Å². The van der Waals surface area contributed by atoms with Crippen LogP contribution in [0.15, 0.2) is 66.3 Å². The van der Waals surface area contributed by atoms with Gasteiger partial charge < -0.3 is 15.6 Å². The first kappa shape index (κ1) is 29.0. The zero-order valence-electron chi connectivity index (χ0n) is 21.3. The third-order valence-corrected chi connectivity index (χ3v) is 6.47. The van der Waals surface area contributed by atoms with Crippen molar-refractivity contribution in [2.75, 3.05) is 11.2 Å². The molecular formula is C30H32Cl2N4O2. The zero-order chi connectivity index (χ0) is 27.5. The number of anilines is 1. The number of benzene rings is 2. The van der Waals surface area contributed by atoms with E-state index in [-0.39, 0.29) is 23.2 Å². The molecule has 0 aliphatic heterocycles. The van der Waals surface area contributed by atoms with Gasteiger partial charge >= 0.3 is 0 Å². The van der Waals surface area contributed by atoms with Crippen molar-refractivity contribution in [2.45, 2.75) is 50.4 Å². The number of amides is 2. The van der Waals surface area contributed by atoms with Gasteiger partial charge in [-0.05, 0) is 68.7 Å². The Balaban J connectivity index is 0.00000195. The molecule has 0 radical (unpaired) electrons. The molecule has 1 heterocycles. The molecule has 198 valence electrons. The van der Waals surface area contributed by atoms with E-state index in [2.05, 4.69) is 33.4 Å². The Morgan fingerprint density at radius 2 is 1.84 bits per heavy atom. The van der Waals surface area contributed by atoms with Gasteiger partial charge in [0, 0.05) is 39.7 Å². The Labute approximate surface area is 233 Å². The van der Waals surface area contributed by atoms with E-state index >= 15 is 0 Å². The fraction of sp³-hybridized carbons (Fsp3) is 0.300. The van der Waals surface area contributed by atoms with Crippen molar-refractivity contribution in [1.29, 1.82) is 0 Å². The molecule has 2 amide bonds. The molecule has 1 atom stereocenters. The molecule has 0 bridgehead atoms. The Bertz CT molecular complexity index is 1320. The molecule has 3 N–H and O–H groups in total. The van der Waals surface area contributed by atoms with Gasteiger partial charge in [0.25, 0.3) is 11.8 Å². The summed E-state index contributed by atoms with van der Waals surface area (Å²) in [7, 11) is 0. The lowest BCUT2D eigenvalue weighted by Crippen LogP contribution is -2.32. The summed E-state index contributed by atoms with van der Waals surface area (Å²) in [6.07, 6.45) is 18.3. The number of rotatable bonds is 9. The molecule has 1 aliphatic rings. The summed E-state index contributed by atoms with van der Waals surface area (Å²) in [6.45, 7) is 1.81. The maximum absolute atomic E-state index is 12.8. The van der Waals surface area contributed by atoms with Crippen LogP contribution in [-0.4, -0.2) is 39.1 Å². The highest BCUT2D eigenvalue weighted by molar-refractivity contribution is 6.22. The van der Waals surface area contributed by atoms with Crippen molar-refractivity contribution in [3.05, 3.63) is 71.8 Å². The van der Waals surface area contributed by atoms with Gasteiger partial charge in [0.2, 0.25) is 0 Å². The van der Waals surface area contributed by atoms with Gasteiger partial charge in [0.05, 0.1) is 11.0 Å². The molecule has 1 aliphatic carbocycles. The second-order valence-corrected chi connectivity index (χ2v) is 10.00. The first-order chi connectivity index (χ1) is 18.4. The third kappa shape index (κ3) is 7.98. The molecule has 4 rings (SSSR count). The van der Waals surface area contributed by atoms with Gasteiger partial charge in [-0.25, -0.2) is 4.98 Å². The summed E-state index contributed by atoms with van der Waals surface area (Å²) in [5, 5.41) is 5.78. The predicted molar refractivity (Wildman–Crippen MR) is 158 cm³/mol. The normalized spacial score (nSPS) is 14.7. The summed E-state index contributed by atoms with van der Waals surface area (Å²) < 4.78 is 0.